The van der Waals surface area contributed by atoms with Crippen molar-refractivity contribution in [3.05, 3.63) is 54.1 Å². The van der Waals surface area contributed by atoms with Crippen molar-refractivity contribution < 1.29 is 33.4 Å². The van der Waals surface area contributed by atoms with Crippen molar-refractivity contribution in [2.45, 2.75) is 31.2 Å². The minimum atomic E-state index is -0.572. The van der Waals surface area contributed by atoms with E-state index in [0.717, 1.165) is 12.8 Å². The Hall–Kier alpha value is -3.53. The summed E-state index contributed by atoms with van der Waals surface area (Å²) in [6, 6.07) is 13.5. The number of hydrogen-bond acceptors (Lipinski definition) is 8. The molecule has 0 aliphatic rings. The summed E-state index contributed by atoms with van der Waals surface area (Å²) in [6.07, 6.45) is 1.94. The number of thioether (sulfide) groups is 1. The number of rotatable bonds is 11. The number of carbonyl (C=O) groups excluding carboxylic acids is 2. The van der Waals surface area contributed by atoms with Gasteiger partial charge < -0.3 is 24.4 Å². The first-order chi connectivity index (χ1) is 16.0. The largest absolute Gasteiger partial charge is 0.538 e. The molecule has 3 aromatic rings. The van der Waals surface area contributed by atoms with Gasteiger partial charge in [0.15, 0.2) is 5.95 Å². The van der Waals surface area contributed by atoms with Gasteiger partial charge in [-0.05, 0) is 47.5 Å². The maximum atomic E-state index is 12.3. The average Bonchev–Trinajstić information content (AvgIpc) is 3.20. The topological polar surface area (TPSA) is 118 Å². The van der Waals surface area contributed by atoms with Crippen LogP contribution in [-0.4, -0.2) is 36.6 Å². The van der Waals surface area contributed by atoms with E-state index in [4.69, 9.17) is 14.0 Å². The van der Waals surface area contributed by atoms with Gasteiger partial charge >= 0.3 is 5.97 Å². The summed E-state index contributed by atoms with van der Waals surface area (Å²) >= 11 is 1.18. The molecule has 0 bridgehead atoms. The first-order valence-electron chi connectivity index (χ1n) is 10.4. The van der Waals surface area contributed by atoms with E-state index < -0.39 is 5.95 Å². The van der Waals surface area contributed by atoms with Gasteiger partial charge in [0.25, 0.3) is 5.03 Å². The minimum absolute atomic E-state index is 0.165. The second-order valence-electron chi connectivity index (χ2n) is 6.99. The van der Waals surface area contributed by atoms with E-state index in [9.17, 15) is 14.7 Å². The van der Waals surface area contributed by atoms with E-state index in [1.807, 2.05) is 6.92 Å². The van der Waals surface area contributed by atoms with Crippen LogP contribution in [0.25, 0.3) is 5.69 Å². The van der Waals surface area contributed by atoms with Gasteiger partial charge in [-0.25, -0.2) is 4.79 Å². The van der Waals surface area contributed by atoms with Crippen LogP contribution in [0.5, 0.6) is 11.7 Å². The third-order valence-corrected chi connectivity index (χ3v) is 5.61. The molecule has 0 fully saturated rings. The van der Waals surface area contributed by atoms with Crippen LogP contribution in [-0.2, 0) is 9.53 Å². The zero-order valence-corrected chi connectivity index (χ0v) is 19.2. The van der Waals surface area contributed by atoms with Crippen LogP contribution in [0.2, 0.25) is 0 Å². The summed E-state index contributed by atoms with van der Waals surface area (Å²) in [4.78, 5) is 24.2. The van der Waals surface area contributed by atoms with Crippen molar-refractivity contribution in [1.29, 1.82) is 0 Å². The summed E-state index contributed by atoms with van der Waals surface area (Å²) in [5, 5.41) is 18.9. The molecule has 0 spiro atoms. The highest BCUT2D eigenvalue weighted by molar-refractivity contribution is 7.99. The highest BCUT2D eigenvalue weighted by Gasteiger charge is 2.21. The number of ether oxygens (including phenoxy) is 2. The number of amides is 1. The highest BCUT2D eigenvalue weighted by atomic mass is 32.2. The third-order valence-electron chi connectivity index (χ3n) is 4.59. The molecule has 174 valence electrons. The first kappa shape index (κ1) is 24.1. The molecule has 0 saturated carbocycles. The summed E-state index contributed by atoms with van der Waals surface area (Å²) in [5.74, 6) is -0.152. The fraction of sp³-hybridized carbons (Fsp3) is 0.304. The lowest BCUT2D eigenvalue weighted by molar-refractivity contribution is -0.705. The first-order valence-corrected chi connectivity index (χ1v) is 11.4. The molecule has 10 heteroatoms. The van der Waals surface area contributed by atoms with Gasteiger partial charge in [0.05, 0.1) is 24.6 Å². The molecule has 3 rings (SSSR count). The average molecular weight is 472 g/mol. The molecule has 1 N–H and O–H groups in total. The Bertz CT molecular complexity index is 1070. The number of methoxy groups -OCH3 is 1. The van der Waals surface area contributed by atoms with Crippen molar-refractivity contribution in [2.75, 3.05) is 24.8 Å². The molecule has 0 radical (unpaired) electrons. The number of anilines is 1. The lowest BCUT2D eigenvalue weighted by Crippen LogP contribution is -2.34. The number of carbonyl (C=O) groups is 2. The van der Waals surface area contributed by atoms with Crippen LogP contribution in [0.15, 0.2) is 58.1 Å². The number of unbranched alkanes of at least 4 members (excludes halogenated alkanes) is 1. The molecule has 0 saturated heterocycles. The number of hydrogen-bond donors (Lipinski definition) is 1. The Morgan fingerprint density at radius 1 is 1.15 bits per heavy atom. The van der Waals surface area contributed by atoms with Crippen LogP contribution < -0.4 is 19.8 Å². The molecule has 2 aromatic carbocycles. The van der Waals surface area contributed by atoms with Gasteiger partial charge in [-0.1, -0.05) is 25.1 Å². The van der Waals surface area contributed by atoms with Crippen LogP contribution in [0, 0.1) is 0 Å². The Kier molecular flexibility index (Phi) is 8.71. The SMILES string of the molecule is CCCCOC(=O)c1ccc(NC(=O)CCSc2c([O-])on[n+]2-c2ccc(OC)cc2)cc1. The Labute approximate surface area is 195 Å². The van der Waals surface area contributed by atoms with E-state index in [2.05, 4.69) is 10.6 Å². The second kappa shape index (κ2) is 11.9. The van der Waals surface area contributed by atoms with E-state index in [1.54, 1.807) is 55.6 Å². The van der Waals surface area contributed by atoms with E-state index in [1.165, 1.54) is 16.4 Å². The molecule has 9 nitrogen and oxygen atoms in total. The number of benzene rings is 2. The molecule has 1 amide bonds. The van der Waals surface area contributed by atoms with E-state index in [0.29, 0.717) is 35.0 Å². The van der Waals surface area contributed by atoms with Gasteiger partial charge in [-0.15, -0.1) is 0 Å². The standard InChI is InChI=1S/C23H25N3O6S/c1-3-4-14-31-22(28)16-5-7-17(8-6-16)24-20(27)13-15-33-21-23(29)32-25-26(21)18-9-11-19(30-2)12-10-18/h5-12H,3-4,13-15H2,1-2H3,(H-,24,25,27,28,29). The molecule has 1 heterocycles. The van der Waals surface area contributed by atoms with Crippen LogP contribution in [0.3, 0.4) is 0 Å². The third kappa shape index (κ3) is 6.72. The maximum Gasteiger partial charge on any atom is 0.338 e. The van der Waals surface area contributed by atoms with Crippen LogP contribution in [0.1, 0.15) is 36.5 Å². The molecule has 0 unspecified atom stereocenters. The predicted molar refractivity (Wildman–Crippen MR) is 120 cm³/mol. The van der Waals surface area contributed by atoms with Crippen molar-refractivity contribution in [2.24, 2.45) is 0 Å². The zero-order chi connectivity index (χ0) is 23.6. The molecule has 0 aliphatic carbocycles. The summed E-state index contributed by atoms with van der Waals surface area (Å²) in [5.41, 5.74) is 1.64. The number of esters is 1. The maximum absolute atomic E-state index is 12.3. The molecular weight excluding hydrogens is 446 g/mol. The van der Waals surface area contributed by atoms with Gasteiger partial charge in [0, 0.05) is 30.0 Å². The van der Waals surface area contributed by atoms with Crippen LogP contribution >= 0.6 is 11.8 Å². The van der Waals surface area contributed by atoms with Gasteiger partial charge in [0.2, 0.25) is 11.6 Å². The lowest BCUT2D eigenvalue weighted by Gasteiger charge is -2.07. The van der Waals surface area contributed by atoms with Gasteiger partial charge in [0.1, 0.15) is 5.75 Å². The van der Waals surface area contributed by atoms with Gasteiger partial charge in [-0.2, -0.15) is 0 Å². The fourth-order valence-corrected chi connectivity index (χ4v) is 3.69. The second-order valence-corrected chi connectivity index (χ2v) is 8.07. The number of aromatic nitrogens is 2. The van der Waals surface area contributed by atoms with Crippen molar-refractivity contribution >= 4 is 29.3 Å². The molecule has 1 aromatic heterocycles. The zero-order valence-electron chi connectivity index (χ0n) is 18.4. The van der Waals surface area contributed by atoms with E-state index >= 15 is 0 Å². The summed E-state index contributed by atoms with van der Waals surface area (Å²) in [7, 11) is 1.57. The normalized spacial score (nSPS) is 10.6. The quantitative estimate of drug-likeness (QED) is 0.196. The Balaban J connectivity index is 1.51. The molecule has 0 atom stereocenters. The minimum Gasteiger partial charge on any atom is -0.538 e. The predicted octanol–water partition coefficient (Wildman–Crippen LogP) is 3.11. The Morgan fingerprint density at radius 3 is 2.55 bits per heavy atom. The Morgan fingerprint density at radius 2 is 1.88 bits per heavy atom. The monoisotopic (exact) mass is 471 g/mol. The molecular formula is C23H25N3O6S. The van der Waals surface area contributed by atoms with Gasteiger partial charge in [-0.3, -0.25) is 4.79 Å². The summed E-state index contributed by atoms with van der Waals surface area (Å²) < 4.78 is 16.5. The van der Waals surface area contributed by atoms with Crippen molar-refractivity contribution in [3.8, 4) is 17.4 Å². The highest BCUT2D eigenvalue weighted by Crippen LogP contribution is 2.24. The smallest absolute Gasteiger partial charge is 0.338 e. The molecule has 33 heavy (non-hydrogen) atoms. The van der Waals surface area contributed by atoms with Crippen LogP contribution in [0.4, 0.5) is 5.69 Å². The molecule has 0 aliphatic heterocycles. The lowest BCUT2D eigenvalue weighted by atomic mass is 10.2. The summed E-state index contributed by atoms with van der Waals surface area (Å²) in [6.45, 7) is 2.41. The fourth-order valence-electron chi connectivity index (χ4n) is 2.79. The van der Waals surface area contributed by atoms with E-state index in [-0.39, 0.29) is 23.3 Å². The van der Waals surface area contributed by atoms with Crippen molar-refractivity contribution in [1.82, 2.24) is 5.27 Å². The number of nitrogens with one attached hydrogen (secondary N) is 1. The van der Waals surface area contributed by atoms with Crippen molar-refractivity contribution in [3.63, 3.8) is 0 Å². The number of nitrogens with zero attached hydrogens (tertiary/aromatic N) is 2.